The van der Waals surface area contributed by atoms with E-state index in [1.807, 2.05) is 13.8 Å². The molecule has 2 N–H and O–H groups in total. The number of aromatic carboxylic acids is 1. The van der Waals surface area contributed by atoms with Gasteiger partial charge in [-0.2, -0.15) is 0 Å². The minimum absolute atomic E-state index is 0.0142. The van der Waals surface area contributed by atoms with Crippen molar-refractivity contribution in [2.24, 2.45) is 0 Å². The standard InChI is InChI=1S/C14H15NO3/c1-8-9(2)13(16)15-12(8)7-10-3-5-11(6-4-10)14(17)18/h3-6,12H,7H2,1-2H3,(H,15,16)(H,17,18). The lowest BCUT2D eigenvalue weighted by molar-refractivity contribution is -0.117. The number of benzene rings is 1. The molecular formula is C14H15NO3. The molecule has 94 valence electrons. The van der Waals surface area contributed by atoms with Crippen molar-refractivity contribution in [3.05, 3.63) is 46.5 Å². The van der Waals surface area contributed by atoms with Crippen molar-refractivity contribution in [1.29, 1.82) is 0 Å². The van der Waals surface area contributed by atoms with Crippen LogP contribution in [0.25, 0.3) is 0 Å². The van der Waals surface area contributed by atoms with Crippen molar-refractivity contribution in [3.63, 3.8) is 0 Å². The second-order valence-corrected chi connectivity index (χ2v) is 4.54. The predicted octanol–water partition coefficient (Wildman–Crippen LogP) is 1.76. The van der Waals surface area contributed by atoms with Crippen LogP contribution in [0.4, 0.5) is 0 Å². The molecule has 0 spiro atoms. The Bertz CT molecular complexity index is 528. The summed E-state index contributed by atoms with van der Waals surface area (Å²) in [5.41, 5.74) is 3.13. The molecule has 0 saturated carbocycles. The minimum atomic E-state index is -0.928. The molecule has 2 rings (SSSR count). The van der Waals surface area contributed by atoms with E-state index in [1.165, 1.54) is 0 Å². The predicted molar refractivity (Wildman–Crippen MR) is 67.4 cm³/mol. The Hall–Kier alpha value is -2.10. The summed E-state index contributed by atoms with van der Waals surface area (Å²) in [5, 5.41) is 11.7. The quantitative estimate of drug-likeness (QED) is 0.852. The van der Waals surface area contributed by atoms with E-state index in [1.54, 1.807) is 24.3 Å². The number of hydrogen-bond donors (Lipinski definition) is 2. The second kappa shape index (κ2) is 4.64. The maximum Gasteiger partial charge on any atom is 0.335 e. The Kier molecular flexibility index (Phi) is 3.19. The Labute approximate surface area is 105 Å². The van der Waals surface area contributed by atoms with E-state index in [-0.39, 0.29) is 17.5 Å². The van der Waals surface area contributed by atoms with Gasteiger partial charge in [0, 0.05) is 5.57 Å². The number of carbonyl (C=O) groups is 2. The van der Waals surface area contributed by atoms with Gasteiger partial charge in [-0.1, -0.05) is 12.1 Å². The summed E-state index contributed by atoms with van der Waals surface area (Å²) in [6.45, 7) is 3.77. The van der Waals surface area contributed by atoms with Crippen molar-refractivity contribution in [3.8, 4) is 0 Å². The molecular weight excluding hydrogens is 230 g/mol. The van der Waals surface area contributed by atoms with Gasteiger partial charge in [0.05, 0.1) is 11.6 Å². The largest absolute Gasteiger partial charge is 0.478 e. The molecule has 4 heteroatoms. The molecule has 4 nitrogen and oxygen atoms in total. The molecule has 1 unspecified atom stereocenters. The third kappa shape index (κ3) is 2.27. The summed E-state index contributed by atoms with van der Waals surface area (Å²) in [6.07, 6.45) is 0.689. The summed E-state index contributed by atoms with van der Waals surface area (Å²) in [4.78, 5) is 22.2. The highest BCUT2D eigenvalue weighted by Gasteiger charge is 2.25. The molecule has 0 radical (unpaired) electrons. The molecule has 0 aliphatic carbocycles. The van der Waals surface area contributed by atoms with Crippen LogP contribution in [0.3, 0.4) is 0 Å². The van der Waals surface area contributed by atoms with Crippen LogP contribution in [0.5, 0.6) is 0 Å². The Morgan fingerprint density at radius 3 is 2.33 bits per heavy atom. The number of hydrogen-bond acceptors (Lipinski definition) is 2. The van der Waals surface area contributed by atoms with Crippen LogP contribution in [-0.4, -0.2) is 23.0 Å². The van der Waals surface area contributed by atoms with Crippen LogP contribution in [0.2, 0.25) is 0 Å². The molecule has 0 saturated heterocycles. The average molecular weight is 245 g/mol. The van der Waals surface area contributed by atoms with Gasteiger partial charge < -0.3 is 10.4 Å². The summed E-state index contributed by atoms with van der Waals surface area (Å²) in [6, 6.07) is 6.77. The van der Waals surface area contributed by atoms with E-state index in [0.717, 1.165) is 16.7 Å². The Morgan fingerprint density at radius 2 is 1.89 bits per heavy atom. The van der Waals surface area contributed by atoms with E-state index in [9.17, 15) is 9.59 Å². The number of nitrogens with one attached hydrogen (secondary N) is 1. The minimum Gasteiger partial charge on any atom is -0.478 e. The van der Waals surface area contributed by atoms with Gasteiger partial charge in [-0.05, 0) is 43.5 Å². The SMILES string of the molecule is CC1=C(C)C(Cc2ccc(C(=O)O)cc2)NC1=O. The fourth-order valence-electron chi connectivity index (χ4n) is 2.04. The zero-order valence-electron chi connectivity index (χ0n) is 10.4. The summed E-state index contributed by atoms with van der Waals surface area (Å²) in [5.74, 6) is -0.942. The molecule has 1 amide bonds. The number of carbonyl (C=O) groups excluding carboxylic acids is 1. The highest BCUT2D eigenvalue weighted by molar-refractivity contribution is 5.97. The van der Waals surface area contributed by atoms with Gasteiger partial charge in [0.1, 0.15) is 0 Å². The fourth-order valence-corrected chi connectivity index (χ4v) is 2.04. The van der Waals surface area contributed by atoms with Crippen LogP contribution in [0.1, 0.15) is 29.8 Å². The highest BCUT2D eigenvalue weighted by atomic mass is 16.4. The Morgan fingerprint density at radius 1 is 1.28 bits per heavy atom. The third-order valence-corrected chi connectivity index (χ3v) is 3.40. The third-order valence-electron chi connectivity index (χ3n) is 3.40. The van der Waals surface area contributed by atoms with Gasteiger partial charge in [-0.3, -0.25) is 4.79 Å². The highest BCUT2D eigenvalue weighted by Crippen LogP contribution is 2.20. The number of carboxylic acid groups (broad SMARTS) is 1. The number of carboxylic acids is 1. The average Bonchev–Trinajstić information content (AvgIpc) is 2.58. The summed E-state index contributed by atoms with van der Waals surface area (Å²) in [7, 11) is 0. The van der Waals surface area contributed by atoms with Crippen LogP contribution in [0.15, 0.2) is 35.4 Å². The first-order valence-corrected chi connectivity index (χ1v) is 5.79. The van der Waals surface area contributed by atoms with Crippen molar-refractivity contribution < 1.29 is 14.7 Å². The topological polar surface area (TPSA) is 66.4 Å². The molecule has 1 aliphatic rings. The molecule has 0 fully saturated rings. The van der Waals surface area contributed by atoms with Crippen molar-refractivity contribution >= 4 is 11.9 Å². The molecule has 18 heavy (non-hydrogen) atoms. The van der Waals surface area contributed by atoms with Crippen LogP contribution in [0, 0.1) is 0 Å². The van der Waals surface area contributed by atoms with Gasteiger partial charge >= 0.3 is 5.97 Å². The molecule has 1 aromatic rings. The normalized spacial score (nSPS) is 19.0. The smallest absolute Gasteiger partial charge is 0.335 e. The lowest BCUT2D eigenvalue weighted by atomic mass is 9.99. The number of amides is 1. The number of rotatable bonds is 3. The molecule has 1 aromatic carbocycles. The summed E-state index contributed by atoms with van der Waals surface area (Å²) < 4.78 is 0. The lowest BCUT2D eigenvalue weighted by Crippen LogP contribution is -2.30. The molecule has 1 aliphatic heterocycles. The van der Waals surface area contributed by atoms with Crippen LogP contribution < -0.4 is 5.32 Å². The molecule has 0 bridgehead atoms. The molecule has 0 aromatic heterocycles. The lowest BCUT2D eigenvalue weighted by Gasteiger charge is -2.12. The maximum absolute atomic E-state index is 11.5. The van der Waals surface area contributed by atoms with Gasteiger partial charge in [0.2, 0.25) is 5.91 Å². The van der Waals surface area contributed by atoms with Crippen LogP contribution in [-0.2, 0) is 11.2 Å². The van der Waals surface area contributed by atoms with Gasteiger partial charge in [0.25, 0.3) is 0 Å². The van der Waals surface area contributed by atoms with E-state index < -0.39 is 5.97 Å². The molecule has 1 heterocycles. The van der Waals surface area contributed by atoms with Gasteiger partial charge in [0.15, 0.2) is 0 Å². The van der Waals surface area contributed by atoms with Crippen molar-refractivity contribution in [2.75, 3.05) is 0 Å². The Balaban J connectivity index is 2.12. The maximum atomic E-state index is 11.5. The fraction of sp³-hybridized carbons (Fsp3) is 0.286. The van der Waals surface area contributed by atoms with Crippen LogP contribution >= 0.6 is 0 Å². The van der Waals surface area contributed by atoms with E-state index in [2.05, 4.69) is 5.32 Å². The zero-order chi connectivity index (χ0) is 13.3. The van der Waals surface area contributed by atoms with E-state index in [4.69, 9.17) is 5.11 Å². The second-order valence-electron chi connectivity index (χ2n) is 4.54. The van der Waals surface area contributed by atoms with E-state index in [0.29, 0.717) is 6.42 Å². The molecule has 1 atom stereocenters. The van der Waals surface area contributed by atoms with Crippen molar-refractivity contribution in [1.82, 2.24) is 5.32 Å². The first-order chi connectivity index (χ1) is 8.49. The first kappa shape index (κ1) is 12.4. The monoisotopic (exact) mass is 245 g/mol. The zero-order valence-corrected chi connectivity index (χ0v) is 10.4. The summed E-state index contributed by atoms with van der Waals surface area (Å²) >= 11 is 0. The van der Waals surface area contributed by atoms with Gasteiger partial charge in [-0.25, -0.2) is 4.79 Å². The first-order valence-electron chi connectivity index (χ1n) is 5.79. The van der Waals surface area contributed by atoms with E-state index >= 15 is 0 Å². The van der Waals surface area contributed by atoms with Crippen molar-refractivity contribution in [2.45, 2.75) is 26.3 Å². The van der Waals surface area contributed by atoms with Gasteiger partial charge in [-0.15, -0.1) is 0 Å².